The summed E-state index contributed by atoms with van der Waals surface area (Å²) >= 11 is 0. The van der Waals surface area contributed by atoms with Crippen LogP contribution in [0.15, 0.2) is 36.4 Å². The maximum atomic E-state index is 10.6. The summed E-state index contributed by atoms with van der Waals surface area (Å²) in [5.41, 5.74) is 0.997. The van der Waals surface area contributed by atoms with Crippen molar-refractivity contribution < 1.29 is 9.66 Å². The van der Waals surface area contributed by atoms with Gasteiger partial charge < -0.3 is 4.74 Å². The molecule has 90 valence electrons. The minimum absolute atomic E-state index is 0.0479. The lowest BCUT2D eigenvalue weighted by atomic mass is 9.81. The number of rotatable bonds is 2. The number of ether oxygens (including phenoxy) is 1. The minimum atomic E-state index is -0.392. The van der Waals surface area contributed by atoms with Gasteiger partial charge in [-0.25, -0.2) is 0 Å². The minimum Gasteiger partial charge on any atom is -0.369 e. The van der Waals surface area contributed by atoms with E-state index in [1.165, 1.54) is 12.1 Å². The quantitative estimate of drug-likeness (QED) is 0.447. The normalized spacial score (nSPS) is 22.4. The van der Waals surface area contributed by atoms with E-state index >= 15 is 0 Å². The lowest BCUT2D eigenvalue weighted by molar-refractivity contribution is -0.384. The molecule has 0 fully saturated rings. The van der Waals surface area contributed by atoms with Gasteiger partial charge in [-0.3, -0.25) is 10.1 Å². The molecule has 17 heavy (non-hydrogen) atoms. The topological polar surface area (TPSA) is 52.4 Å². The Hall–Kier alpha value is -1.68. The lowest BCUT2D eigenvalue weighted by Gasteiger charge is -2.34. The highest BCUT2D eigenvalue weighted by Gasteiger charge is 2.31. The molecule has 4 nitrogen and oxygen atoms in total. The van der Waals surface area contributed by atoms with Crippen LogP contribution in [0.3, 0.4) is 0 Å². The summed E-state index contributed by atoms with van der Waals surface area (Å²) in [5.74, 6) is 0. The van der Waals surface area contributed by atoms with Crippen LogP contribution in [-0.2, 0) is 4.74 Å². The van der Waals surface area contributed by atoms with Gasteiger partial charge in [0, 0.05) is 17.5 Å². The van der Waals surface area contributed by atoms with Crippen LogP contribution < -0.4 is 0 Å². The fraction of sp³-hybridized carbons (Fsp3) is 0.385. The Morgan fingerprint density at radius 1 is 1.35 bits per heavy atom. The number of hydrogen-bond donors (Lipinski definition) is 0. The highest BCUT2D eigenvalue weighted by atomic mass is 16.6. The fourth-order valence-electron chi connectivity index (χ4n) is 2.10. The molecule has 1 aliphatic heterocycles. The Labute approximate surface area is 100 Å². The van der Waals surface area contributed by atoms with Crippen molar-refractivity contribution in [3.63, 3.8) is 0 Å². The van der Waals surface area contributed by atoms with E-state index in [0.29, 0.717) is 6.61 Å². The van der Waals surface area contributed by atoms with E-state index in [0.717, 1.165) is 5.56 Å². The van der Waals surface area contributed by atoms with Gasteiger partial charge >= 0.3 is 0 Å². The first kappa shape index (κ1) is 11.8. The first-order valence-electron chi connectivity index (χ1n) is 5.54. The zero-order valence-corrected chi connectivity index (χ0v) is 9.92. The zero-order valence-electron chi connectivity index (χ0n) is 9.92. The molecule has 0 saturated heterocycles. The van der Waals surface area contributed by atoms with E-state index in [1.54, 1.807) is 12.1 Å². The summed E-state index contributed by atoms with van der Waals surface area (Å²) < 4.78 is 5.72. The second-order valence-electron chi connectivity index (χ2n) is 4.79. The van der Waals surface area contributed by atoms with Crippen LogP contribution >= 0.6 is 0 Å². The van der Waals surface area contributed by atoms with Crippen molar-refractivity contribution in [2.24, 2.45) is 5.41 Å². The SMILES string of the molecule is CC1(C)C=CCO[C@H]1c1ccc([N+](=O)[O-])cc1. The van der Waals surface area contributed by atoms with E-state index in [-0.39, 0.29) is 17.2 Å². The van der Waals surface area contributed by atoms with Crippen LogP contribution in [0.5, 0.6) is 0 Å². The molecule has 0 bridgehead atoms. The van der Waals surface area contributed by atoms with Crippen molar-refractivity contribution in [3.8, 4) is 0 Å². The molecule has 0 N–H and O–H groups in total. The number of benzene rings is 1. The zero-order chi connectivity index (χ0) is 12.5. The summed E-state index contributed by atoms with van der Waals surface area (Å²) in [6, 6.07) is 6.58. The van der Waals surface area contributed by atoms with Gasteiger partial charge in [0.2, 0.25) is 0 Å². The van der Waals surface area contributed by atoms with Gasteiger partial charge in [0.1, 0.15) is 0 Å². The fourth-order valence-corrected chi connectivity index (χ4v) is 2.10. The van der Waals surface area contributed by atoms with Crippen molar-refractivity contribution in [1.29, 1.82) is 0 Å². The molecular formula is C13H15NO3. The van der Waals surface area contributed by atoms with Gasteiger partial charge in [-0.15, -0.1) is 0 Å². The highest BCUT2D eigenvalue weighted by Crippen LogP contribution is 2.40. The Balaban J connectivity index is 2.28. The summed E-state index contributed by atoms with van der Waals surface area (Å²) in [7, 11) is 0. The molecule has 1 atom stereocenters. The smallest absolute Gasteiger partial charge is 0.269 e. The van der Waals surface area contributed by atoms with Gasteiger partial charge in [-0.2, -0.15) is 0 Å². The molecule has 4 heteroatoms. The largest absolute Gasteiger partial charge is 0.369 e. The van der Waals surface area contributed by atoms with Gasteiger partial charge in [0.15, 0.2) is 0 Å². The first-order valence-corrected chi connectivity index (χ1v) is 5.54. The summed E-state index contributed by atoms with van der Waals surface area (Å²) in [4.78, 5) is 10.2. The van der Waals surface area contributed by atoms with Crippen molar-refractivity contribution in [3.05, 3.63) is 52.1 Å². The Bertz CT molecular complexity index is 448. The van der Waals surface area contributed by atoms with Crippen LogP contribution in [0, 0.1) is 15.5 Å². The molecule has 0 unspecified atom stereocenters. The van der Waals surface area contributed by atoms with Crippen LogP contribution in [0.1, 0.15) is 25.5 Å². The third-order valence-corrected chi connectivity index (χ3v) is 2.99. The van der Waals surface area contributed by atoms with E-state index in [9.17, 15) is 10.1 Å². The van der Waals surface area contributed by atoms with Gasteiger partial charge in [0.05, 0.1) is 17.6 Å². The van der Waals surface area contributed by atoms with Gasteiger partial charge in [-0.1, -0.05) is 26.0 Å². The maximum Gasteiger partial charge on any atom is 0.269 e. The average molecular weight is 233 g/mol. The van der Waals surface area contributed by atoms with Gasteiger partial charge in [0.25, 0.3) is 5.69 Å². The molecular weight excluding hydrogens is 218 g/mol. The van der Waals surface area contributed by atoms with Crippen LogP contribution in [-0.4, -0.2) is 11.5 Å². The van der Waals surface area contributed by atoms with Crippen molar-refractivity contribution in [1.82, 2.24) is 0 Å². The van der Waals surface area contributed by atoms with Crippen molar-refractivity contribution >= 4 is 5.69 Å². The summed E-state index contributed by atoms with van der Waals surface area (Å²) in [6.45, 7) is 4.77. The second-order valence-corrected chi connectivity index (χ2v) is 4.79. The molecule has 1 aromatic carbocycles. The van der Waals surface area contributed by atoms with Gasteiger partial charge in [-0.05, 0) is 17.7 Å². The van der Waals surface area contributed by atoms with E-state index < -0.39 is 4.92 Å². The molecule has 1 heterocycles. The molecule has 0 aliphatic carbocycles. The monoisotopic (exact) mass is 233 g/mol. The number of nitrogens with zero attached hydrogens (tertiary/aromatic N) is 1. The Kier molecular flexibility index (Phi) is 2.98. The molecule has 1 aromatic rings. The third-order valence-electron chi connectivity index (χ3n) is 2.99. The summed E-state index contributed by atoms with van der Waals surface area (Å²) in [6.07, 6.45) is 4.08. The standard InChI is InChI=1S/C13H15NO3/c1-13(2)8-3-9-17-12(13)10-4-6-11(7-5-10)14(15)16/h3-8,12H,9H2,1-2H3/t12-/m0/s1. The molecule has 0 spiro atoms. The molecule has 0 radical (unpaired) electrons. The van der Waals surface area contributed by atoms with E-state index in [2.05, 4.69) is 19.9 Å². The first-order chi connectivity index (χ1) is 8.00. The van der Waals surface area contributed by atoms with Crippen LogP contribution in [0.2, 0.25) is 0 Å². The van der Waals surface area contributed by atoms with E-state index in [1.807, 2.05) is 6.08 Å². The molecule has 0 aromatic heterocycles. The second kappa shape index (κ2) is 4.30. The van der Waals surface area contributed by atoms with Crippen LogP contribution in [0.25, 0.3) is 0 Å². The summed E-state index contributed by atoms with van der Waals surface area (Å²) in [5, 5.41) is 10.6. The average Bonchev–Trinajstić information content (AvgIpc) is 2.28. The molecule has 1 aliphatic rings. The van der Waals surface area contributed by atoms with Crippen LogP contribution in [0.4, 0.5) is 5.69 Å². The highest BCUT2D eigenvalue weighted by molar-refractivity contribution is 5.35. The maximum absolute atomic E-state index is 10.6. The lowest BCUT2D eigenvalue weighted by Crippen LogP contribution is -2.26. The third kappa shape index (κ3) is 2.36. The molecule has 2 rings (SSSR count). The Morgan fingerprint density at radius 3 is 2.53 bits per heavy atom. The number of nitro groups is 1. The number of nitro benzene ring substituents is 1. The number of non-ortho nitro benzene ring substituents is 1. The Morgan fingerprint density at radius 2 is 2.00 bits per heavy atom. The van der Waals surface area contributed by atoms with Crippen molar-refractivity contribution in [2.45, 2.75) is 20.0 Å². The molecule has 0 saturated carbocycles. The number of hydrogen-bond acceptors (Lipinski definition) is 3. The molecule has 0 amide bonds. The van der Waals surface area contributed by atoms with Crippen molar-refractivity contribution in [2.75, 3.05) is 6.61 Å². The predicted molar refractivity (Wildman–Crippen MR) is 64.7 cm³/mol. The predicted octanol–water partition coefficient (Wildman–Crippen LogP) is 3.25. The van der Waals surface area contributed by atoms with E-state index in [4.69, 9.17) is 4.74 Å².